The van der Waals surface area contributed by atoms with Crippen LogP contribution >= 0.6 is 12.4 Å². The molecule has 1 aromatic carbocycles. The number of carbonyl (C=O) groups is 1. The maximum absolute atomic E-state index is 12.8. The number of halogens is 1. The van der Waals surface area contributed by atoms with E-state index in [9.17, 15) is 4.79 Å². The average molecular weight is 375 g/mol. The number of nitrogens with one attached hydrogen (secondary N) is 1. The normalized spacial score (nSPS) is 18.7. The summed E-state index contributed by atoms with van der Waals surface area (Å²) in [5.41, 5.74) is 2.74. The Kier molecular flexibility index (Phi) is 5.73. The van der Waals surface area contributed by atoms with Crippen LogP contribution in [0.2, 0.25) is 0 Å². The second kappa shape index (κ2) is 7.85. The molecule has 0 aliphatic carbocycles. The van der Waals surface area contributed by atoms with Crippen LogP contribution in [0.4, 0.5) is 0 Å². The Morgan fingerprint density at radius 2 is 1.85 bits per heavy atom. The number of furan rings is 1. The van der Waals surface area contributed by atoms with Crippen LogP contribution in [0.5, 0.6) is 0 Å². The van der Waals surface area contributed by atoms with Gasteiger partial charge in [0.25, 0.3) is 5.91 Å². The fourth-order valence-corrected chi connectivity index (χ4v) is 4.07. The van der Waals surface area contributed by atoms with Gasteiger partial charge < -0.3 is 14.6 Å². The topological polar surface area (TPSA) is 45.5 Å². The zero-order chi connectivity index (χ0) is 17.3. The summed E-state index contributed by atoms with van der Waals surface area (Å²) in [6, 6.07) is 12.1. The third-order valence-corrected chi connectivity index (χ3v) is 5.91. The van der Waals surface area contributed by atoms with Crippen molar-refractivity contribution in [3.8, 4) is 11.3 Å². The van der Waals surface area contributed by atoms with Crippen molar-refractivity contribution in [1.82, 2.24) is 10.2 Å². The van der Waals surface area contributed by atoms with Crippen LogP contribution < -0.4 is 5.32 Å². The molecule has 0 unspecified atom stereocenters. The minimum atomic E-state index is 0. The molecule has 2 saturated heterocycles. The highest BCUT2D eigenvalue weighted by atomic mass is 35.5. The molecule has 2 aromatic rings. The summed E-state index contributed by atoms with van der Waals surface area (Å²) in [5.74, 6) is 1.24. The van der Waals surface area contributed by atoms with Crippen molar-refractivity contribution in [3.05, 3.63) is 47.7 Å². The number of benzene rings is 1. The van der Waals surface area contributed by atoms with E-state index in [0.29, 0.717) is 11.2 Å². The van der Waals surface area contributed by atoms with Gasteiger partial charge in [0.2, 0.25) is 0 Å². The van der Waals surface area contributed by atoms with Gasteiger partial charge >= 0.3 is 0 Å². The first-order valence-corrected chi connectivity index (χ1v) is 9.38. The van der Waals surface area contributed by atoms with E-state index < -0.39 is 0 Å². The molecule has 0 saturated carbocycles. The summed E-state index contributed by atoms with van der Waals surface area (Å²) in [7, 11) is 0. The second-order valence-corrected chi connectivity index (χ2v) is 7.43. The Balaban J connectivity index is 0.00000196. The molecule has 0 radical (unpaired) electrons. The lowest BCUT2D eigenvalue weighted by atomic mass is 9.78. The smallest absolute Gasteiger partial charge is 0.289 e. The first-order valence-electron chi connectivity index (χ1n) is 9.38. The maximum atomic E-state index is 12.8. The minimum Gasteiger partial charge on any atom is -0.451 e. The second-order valence-electron chi connectivity index (χ2n) is 7.43. The van der Waals surface area contributed by atoms with Crippen LogP contribution in [0.15, 0.2) is 40.8 Å². The Bertz CT molecular complexity index is 738. The zero-order valence-corrected chi connectivity index (χ0v) is 16.1. The van der Waals surface area contributed by atoms with Crippen molar-refractivity contribution >= 4 is 18.3 Å². The molecule has 0 bridgehead atoms. The van der Waals surface area contributed by atoms with Crippen LogP contribution in [-0.2, 0) is 6.42 Å². The van der Waals surface area contributed by atoms with E-state index in [4.69, 9.17) is 4.42 Å². The fourth-order valence-electron chi connectivity index (χ4n) is 4.07. The lowest BCUT2D eigenvalue weighted by molar-refractivity contribution is 0.0578. The lowest BCUT2D eigenvalue weighted by Crippen LogP contribution is -2.43. The summed E-state index contributed by atoms with van der Waals surface area (Å²) in [5, 5.41) is 3.47. The highest BCUT2D eigenvalue weighted by Crippen LogP contribution is 2.37. The van der Waals surface area contributed by atoms with Crippen molar-refractivity contribution in [1.29, 1.82) is 0 Å². The van der Waals surface area contributed by atoms with E-state index in [0.717, 1.165) is 56.8 Å². The minimum absolute atomic E-state index is 0. The Morgan fingerprint density at radius 1 is 1.12 bits per heavy atom. The van der Waals surface area contributed by atoms with Gasteiger partial charge in [-0.25, -0.2) is 0 Å². The number of carbonyl (C=O) groups excluding carboxylic acids is 1. The number of hydrogen-bond acceptors (Lipinski definition) is 3. The van der Waals surface area contributed by atoms with Gasteiger partial charge in [0.1, 0.15) is 5.76 Å². The molecule has 1 spiro atoms. The SMILES string of the molecule is CCc1ccc(-c2ccc(C(=O)N3CCC4(CCNC4)CC3)o2)cc1.Cl. The van der Waals surface area contributed by atoms with Gasteiger partial charge in [-0.3, -0.25) is 4.79 Å². The number of piperidine rings is 1. The van der Waals surface area contributed by atoms with Crippen LogP contribution in [-0.4, -0.2) is 37.0 Å². The zero-order valence-electron chi connectivity index (χ0n) is 15.3. The summed E-state index contributed by atoms with van der Waals surface area (Å²) in [4.78, 5) is 14.7. The lowest BCUT2D eigenvalue weighted by Gasteiger charge is -2.38. The molecule has 1 aromatic heterocycles. The maximum Gasteiger partial charge on any atom is 0.289 e. The van der Waals surface area contributed by atoms with E-state index in [-0.39, 0.29) is 18.3 Å². The fraction of sp³-hybridized carbons (Fsp3) is 0.476. The molecule has 140 valence electrons. The number of amides is 1. The van der Waals surface area contributed by atoms with Crippen LogP contribution in [0.3, 0.4) is 0 Å². The number of hydrogen-bond donors (Lipinski definition) is 1. The van der Waals surface area contributed by atoms with Gasteiger partial charge in [0.05, 0.1) is 0 Å². The van der Waals surface area contributed by atoms with Gasteiger partial charge in [0, 0.05) is 25.2 Å². The van der Waals surface area contributed by atoms with Crippen molar-refractivity contribution in [2.75, 3.05) is 26.2 Å². The van der Waals surface area contributed by atoms with Crippen LogP contribution in [0.25, 0.3) is 11.3 Å². The molecule has 0 atom stereocenters. The number of rotatable bonds is 3. The van der Waals surface area contributed by atoms with E-state index in [1.165, 1.54) is 12.0 Å². The third kappa shape index (κ3) is 3.67. The molecule has 1 N–H and O–H groups in total. The Labute approximate surface area is 161 Å². The molecular weight excluding hydrogens is 348 g/mol. The Hall–Kier alpha value is -1.78. The van der Waals surface area contributed by atoms with Crippen molar-refractivity contribution in [3.63, 3.8) is 0 Å². The molecule has 2 fully saturated rings. The summed E-state index contributed by atoms with van der Waals surface area (Å²) < 4.78 is 5.87. The standard InChI is InChI=1S/C21H26N2O2.ClH/c1-2-16-3-5-17(6-4-16)18-7-8-19(25-18)20(24)23-13-10-21(11-14-23)9-12-22-15-21;/h3-8,22H,2,9-15H2,1H3;1H. The van der Waals surface area contributed by atoms with Crippen molar-refractivity contribution in [2.24, 2.45) is 5.41 Å². The number of aryl methyl sites for hydroxylation is 1. The molecule has 4 rings (SSSR count). The third-order valence-electron chi connectivity index (χ3n) is 5.91. The van der Waals surface area contributed by atoms with Gasteiger partial charge in [-0.2, -0.15) is 0 Å². The summed E-state index contributed by atoms with van der Waals surface area (Å²) in [6.45, 7) is 6.03. The first-order chi connectivity index (χ1) is 12.2. The monoisotopic (exact) mass is 374 g/mol. The number of nitrogens with zero attached hydrogens (tertiary/aromatic N) is 1. The predicted molar refractivity (Wildman–Crippen MR) is 106 cm³/mol. The molecule has 26 heavy (non-hydrogen) atoms. The van der Waals surface area contributed by atoms with E-state index >= 15 is 0 Å². The van der Waals surface area contributed by atoms with Gasteiger partial charge in [-0.15, -0.1) is 12.4 Å². The van der Waals surface area contributed by atoms with Crippen molar-refractivity contribution < 1.29 is 9.21 Å². The number of likely N-dealkylation sites (tertiary alicyclic amines) is 1. The Morgan fingerprint density at radius 3 is 2.46 bits per heavy atom. The predicted octanol–water partition coefficient (Wildman–Crippen LogP) is 4.15. The molecule has 1 amide bonds. The largest absolute Gasteiger partial charge is 0.451 e. The summed E-state index contributed by atoms with van der Waals surface area (Å²) >= 11 is 0. The molecular formula is C21H27ClN2O2. The first kappa shape index (κ1) is 19.0. The molecule has 5 heteroatoms. The van der Waals surface area contributed by atoms with Gasteiger partial charge in [-0.05, 0) is 55.3 Å². The quantitative estimate of drug-likeness (QED) is 0.877. The van der Waals surface area contributed by atoms with Gasteiger partial charge in [0.15, 0.2) is 5.76 Å². The average Bonchev–Trinajstić information content (AvgIpc) is 3.32. The molecule has 4 nitrogen and oxygen atoms in total. The molecule has 2 aliphatic rings. The van der Waals surface area contributed by atoms with Crippen molar-refractivity contribution in [2.45, 2.75) is 32.6 Å². The van der Waals surface area contributed by atoms with E-state index in [2.05, 4.69) is 36.5 Å². The van der Waals surface area contributed by atoms with E-state index in [1.807, 2.05) is 17.0 Å². The van der Waals surface area contributed by atoms with E-state index in [1.54, 1.807) is 0 Å². The van der Waals surface area contributed by atoms with Crippen LogP contribution in [0.1, 0.15) is 42.3 Å². The molecule has 2 aliphatic heterocycles. The van der Waals surface area contributed by atoms with Crippen LogP contribution in [0, 0.1) is 5.41 Å². The highest BCUT2D eigenvalue weighted by molar-refractivity contribution is 5.92. The highest BCUT2D eigenvalue weighted by Gasteiger charge is 2.38. The van der Waals surface area contributed by atoms with Gasteiger partial charge in [-0.1, -0.05) is 31.2 Å². The summed E-state index contributed by atoms with van der Waals surface area (Å²) in [6.07, 6.45) is 4.46. The molecule has 3 heterocycles.